The van der Waals surface area contributed by atoms with Crippen LogP contribution in [0.2, 0.25) is 10.0 Å². The topological polar surface area (TPSA) is 91.0 Å². The third-order valence-corrected chi connectivity index (χ3v) is 4.77. The highest BCUT2D eigenvalue weighted by molar-refractivity contribution is 6.42. The van der Waals surface area contributed by atoms with Crippen LogP contribution in [-0.4, -0.2) is 39.2 Å². The van der Waals surface area contributed by atoms with Gasteiger partial charge in [0.05, 0.1) is 35.9 Å². The van der Waals surface area contributed by atoms with Gasteiger partial charge in [0.15, 0.2) is 0 Å². The summed E-state index contributed by atoms with van der Waals surface area (Å²) in [6.45, 7) is 0.884. The molecular weight excluding hydrogens is 405 g/mol. The summed E-state index contributed by atoms with van der Waals surface area (Å²) in [6.07, 6.45) is 1.56. The van der Waals surface area contributed by atoms with Crippen molar-refractivity contribution in [2.24, 2.45) is 0 Å². The van der Waals surface area contributed by atoms with Crippen LogP contribution < -0.4 is 10.9 Å². The van der Waals surface area contributed by atoms with Crippen molar-refractivity contribution in [3.05, 3.63) is 74.3 Å². The van der Waals surface area contributed by atoms with E-state index in [9.17, 15) is 9.59 Å². The maximum atomic E-state index is 12.6. The number of benzene rings is 1. The number of carbonyl (C=O) groups excluding carboxylic acids is 1. The number of hydrogen-bond donors (Lipinski definition) is 1. The fourth-order valence-corrected chi connectivity index (χ4v) is 2.86. The van der Waals surface area contributed by atoms with E-state index in [0.717, 1.165) is 5.56 Å². The molecule has 0 aliphatic rings. The predicted molar refractivity (Wildman–Crippen MR) is 106 cm³/mol. The number of halogens is 2. The van der Waals surface area contributed by atoms with Gasteiger partial charge >= 0.3 is 0 Å². The van der Waals surface area contributed by atoms with E-state index >= 15 is 0 Å². The van der Waals surface area contributed by atoms with Gasteiger partial charge in [-0.15, -0.1) is 0 Å². The number of rotatable bonds is 7. The summed E-state index contributed by atoms with van der Waals surface area (Å²) in [4.78, 5) is 24.4. The van der Waals surface area contributed by atoms with Gasteiger partial charge in [-0.1, -0.05) is 35.3 Å². The molecule has 0 saturated carbocycles. The summed E-state index contributed by atoms with van der Waals surface area (Å²) in [5, 5.41) is 11.9. The molecule has 0 spiro atoms. The average molecular weight is 422 g/mol. The Morgan fingerprint density at radius 3 is 2.79 bits per heavy atom. The molecule has 0 aliphatic heterocycles. The van der Waals surface area contributed by atoms with Gasteiger partial charge < -0.3 is 10.1 Å². The standard InChI is InChI=1S/C18H17Cl2N5O3/c1-28-10-9-24-16(26)6-5-14(23-24)18(27)22-15-7-8-21-25(15)11-12-3-2-4-13(19)17(12)20/h2-8H,9-11H2,1H3,(H,22,27). The summed E-state index contributed by atoms with van der Waals surface area (Å²) >= 11 is 12.3. The molecule has 0 unspecified atom stereocenters. The normalized spacial score (nSPS) is 10.8. The van der Waals surface area contributed by atoms with Crippen molar-refractivity contribution in [2.75, 3.05) is 19.0 Å². The minimum Gasteiger partial charge on any atom is -0.383 e. The van der Waals surface area contributed by atoms with Crippen molar-refractivity contribution < 1.29 is 9.53 Å². The summed E-state index contributed by atoms with van der Waals surface area (Å²) in [7, 11) is 1.52. The van der Waals surface area contributed by atoms with Crippen molar-refractivity contribution >= 4 is 34.9 Å². The number of hydrogen-bond acceptors (Lipinski definition) is 5. The van der Waals surface area contributed by atoms with E-state index in [2.05, 4.69) is 15.5 Å². The molecule has 2 heterocycles. The molecule has 1 amide bonds. The summed E-state index contributed by atoms with van der Waals surface area (Å²) in [5.41, 5.74) is 0.554. The van der Waals surface area contributed by atoms with Gasteiger partial charge in [0, 0.05) is 19.2 Å². The smallest absolute Gasteiger partial charge is 0.277 e. The number of methoxy groups -OCH3 is 1. The van der Waals surface area contributed by atoms with Crippen LogP contribution in [0.4, 0.5) is 5.82 Å². The number of nitrogens with zero attached hydrogens (tertiary/aromatic N) is 4. The van der Waals surface area contributed by atoms with Crippen LogP contribution in [0, 0.1) is 0 Å². The van der Waals surface area contributed by atoms with E-state index in [1.807, 2.05) is 6.07 Å². The van der Waals surface area contributed by atoms with Crippen LogP contribution in [0.25, 0.3) is 0 Å². The highest BCUT2D eigenvalue weighted by Crippen LogP contribution is 2.26. The van der Waals surface area contributed by atoms with E-state index in [4.69, 9.17) is 27.9 Å². The van der Waals surface area contributed by atoms with Crippen molar-refractivity contribution in [3.63, 3.8) is 0 Å². The van der Waals surface area contributed by atoms with Crippen molar-refractivity contribution in [1.29, 1.82) is 0 Å². The highest BCUT2D eigenvalue weighted by atomic mass is 35.5. The molecule has 1 N–H and O–H groups in total. The molecule has 3 rings (SSSR count). The zero-order valence-corrected chi connectivity index (χ0v) is 16.4. The Kier molecular flexibility index (Phi) is 6.45. The molecule has 0 fully saturated rings. The van der Waals surface area contributed by atoms with E-state index in [0.29, 0.717) is 29.0 Å². The number of nitrogens with one attached hydrogen (secondary N) is 1. The Labute approximate surface area is 170 Å². The van der Waals surface area contributed by atoms with E-state index in [1.54, 1.807) is 29.1 Å². The van der Waals surface area contributed by atoms with E-state index in [-0.39, 0.29) is 17.8 Å². The Hall–Kier alpha value is -2.68. The lowest BCUT2D eigenvalue weighted by Crippen LogP contribution is -2.28. The minimum absolute atomic E-state index is 0.101. The number of ether oxygens (including phenoxy) is 1. The van der Waals surface area contributed by atoms with Gasteiger partial charge in [-0.2, -0.15) is 10.2 Å². The predicted octanol–water partition coefficient (Wildman–Crippen LogP) is 2.69. The lowest BCUT2D eigenvalue weighted by molar-refractivity contribution is 0.101. The third kappa shape index (κ3) is 4.59. The van der Waals surface area contributed by atoms with Crippen LogP contribution in [0.15, 0.2) is 47.4 Å². The molecule has 146 valence electrons. The quantitative estimate of drug-likeness (QED) is 0.632. The zero-order valence-electron chi connectivity index (χ0n) is 14.9. The van der Waals surface area contributed by atoms with Crippen LogP contribution in [-0.2, 0) is 17.8 Å². The molecule has 0 atom stereocenters. The molecule has 0 radical (unpaired) electrons. The third-order valence-electron chi connectivity index (χ3n) is 3.92. The highest BCUT2D eigenvalue weighted by Gasteiger charge is 2.14. The molecule has 0 aliphatic carbocycles. The second-order valence-electron chi connectivity index (χ2n) is 5.81. The van der Waals surface area contributed by atoms with Crippen LogP contribution >= 0.6 is 23.2 Å². The number of carbonyl (C=O) groups is 1. The maximum absolute atomic E-state index is 12.6. The van der Waals surface area contributed by atoms with Crippen LogP contribution in [0.5, 0.6) is 0 Å². The van der Waals surface area contributed by atoms with Crippen LogP contribution in [0.3, 0.4) is 0 Å². The molecule has 10 heteroatoms. The molecule has 0 saturated heterocycles. The monoisotopic (exact) mass is 421 g/mol. The summed E-state index contributed by atoms with van der Waals surface area (Å²) in [5.74, 6) is -0.0115. The van der Waals surface area contributed by atoms with E-state index in [1.165, 1.54) is 23.9 Å². The molecule has 1 aromatic carbocycles. The molecular formula is C18H17Cl2N5O3. The SMILES string of the molecule is COCCn1nc(C(=O)Nc2ccnn2Cc2cccc(Cl)c2Cl)ccc1=O. The van der Waals surface area contributed by atoms with Gasteiger partial charge in [-0.3, -0.25) is 9.59 Å². The first kappa shape index (κ1) is 20.1. The molecule has 0 bridgehead atoms. The number of aromatic nitrogens is 4. The Balaban J connectivity index is 1.78. The van der Waals surface area contributed by atoms with Gasteiger partial charge in [0.1, 0.15) is 11.5 Å². The lowest BCUT2D eigenvalue weighted by Gasteiger charge is -2.11. The zero-order chi connectivity index (χ0) is 20.1. The number of anilines is 1. The van der Waals surface area contributed by atoms with Gasteiger partial charge in [0.25, 0.3) is 11.5 Å². The minimum atomic E-state index is -0.467. The van der Waals surface area contributed by atoms with Crippen molar-refractivity contribution in [3.8, 4) is 0 Å². The first-order valence-corrected chi connectivity index (χ1v) is 9.08. The fraction of sp³-hybridized carbons (Fsp3) is 0.222. The lowest BCUT2D eigenvalue weighted by atomic mass is 10.2. The van der Waals surface area contributed by atoms with Crippen molar-refractivity contribution in [2.45, 2.75) is 13.1 Å². The van der Waals surface area contributed by atoms with E-state index < -0.39 is 5.91 Å². The molecule has 8 nitrogen and oxygen atoms in total. The second kappa shape index (κ2) is 9.01. The fourth-order valence-electron chi connectivity index (χ4n) is 2.49. The van der Waals surface area contributed by atoms with Gasteiger partial charge in [-0.05, 0) is 17.7 Å². The number of amides is 1. The molecule has 3 aromatic rings. The summed E-state index contributed by atoms with van der Waals surface area (Å²) < 4.78 is 7.71. The molecule has 2 aromatic heterocycles. The second-order valence-corrected chi connectivity index (χ2v) is 6.60. The Morgan fingerprint density at radius 2 is 2.00 bits per heavy atom. The Bertz CT molecular complexity index is 1050. The first-order valence-electron chi connectivity index (χ1n) is 8.32. The van der Waals surface area contributed by atoms with Crippen molar-refractivity contribution in [1.82, 2.24) is 19.6 Å². The average Bonchev–Trinajstić information content (AvgIpc) is 3.11. The first-order chi connectivity index (χ1) is 13.5. The van der Waals surface area contributed by atoms with Gasteiger partial charge in [-0.25, -0.2) is 9.36 Å². The maximum Gasteiger partial charge on any atom is 0.277 e. The largest absolute Gasteiger partial charge is 0.383 e. The van der Waals surface area contributed by atoms with Gasteiger partial charge in [0.2, 0.25) is 0 Å². The van der Waals surface area contributed by atoms with Crippen LogP contribution in [0.1, 0.15) is 16.1 Å². The molecule has 28 heavy (non-hydrogen) atoms. The summed E-state index contributed by atoms with van der Waals surface area (Å²) in [6, 6.07) is 9.63. The Morgan fingerprint density at radius 1 is 1.18 bits per heavy atom.